The molecule has 124 valence electrons. The number of rotatable bonds is 6. The van der Waals surface area contributed by atoms with E-state index >= 15 is 0 Å². The first-order chi connectivity index (χ1) is 11.0. The summed E-state index contributed by atoms with van der Waals surface area (Å²) in [6.07, 6.45) is 0. The number of hydrogen-bond donors (Lipinski definition) is 2. The summed E-state index contributed by atoms with van der Waals surface area (Å²) in [6, 6.07) is 10.5. The van der Waals surface area contributed by atoms with E-state index < -0.39 is 0 Å². The van der Waals surface area contributed by atoms with Gasteiger partial charge in [-0.25, -0.2) is 4.99 Å². The first kappa shape index (κ1) is 17.0. The van der Waals surface area contributed by atoms with Crippen LogP contribution in [0.5, 0.6) is 0 Å². The quantitative estimate of drug-likeness (QED) is 0.632. The van der Waals surface area contributed by atoms with E-state index in [4.69, 9.17) is 4.52 Å². The summed E-state index contributed by atoms with van der Waals surface area (Å²) in [5, 5.41) is 10.4. The van der Waals surface area contributed by atoms with E-state index in [2.05, 4.69) is 63.9 Å². The summed E-state index contributed by atoms with van der Waals surface area (Å²) < 4.78 is 5.08. The fourth-order valence-electron chi connectivity index (χ4n) is 2.19. The largest absolute Gasteiger partial charge is 0.357 e. The van der Waals surface area contributed by atoms with Crippen LogP contribution in [0.3, 0.4) is 0 Å². The lowest BCUT2D eigenvalue weighted by Crippen LogP contribution is -2.43. The maximum absolute atomic E-state index is 5.08. The predicted octanol–water partition coefficient (Wildman–Crippen LogP) is 2.41. The molecular formula is C17H25N5O. The van der Waals surface area contributed by atoms with Crippen molar-refractivity contribution in [3.63, 3.8) is 0 Å². The molecule has 0 saturated heterocycles. The van der Waals surface area contributed by atoms with Crippen LogP contribution in [0, 0.1) is 6.92 Å². The molecule has 1 aromatic carbocycles. The molecule has 6 nitrogen and oxygen atoms in total. The Balaban J connectivity index is 1.98. The highest BCUT2D eigenvalue weighted by Gasteiger charge is 2.20. The average Bonchev–Trinajstić information content (AvgIpc) is 2.96. The van der Waals surface area contributed by atoms with Crippen molar-refractivity contribution in [2.45, 2.75) is 39.7 Å². The van der Waals surface area contributed by atoms with Crippen LogP contribution in [0.2, 0.25) is 0 Å². The molecule has 1 heterocycles. The van der Waals surface area contributed by atoms with E-state index in [9.17, 15) is 0 Å². The van der Waals surface area contributed by atoms with Crippen LogP contribution in [-0.2, 0) is 12.0 Å². The Bertz CT molecular complexity index is 633. The smallest absolute Gasteiger partial charge is 0.248 e. The Morgan fingerprint density at radius 1 is 1.22 bits per heavy atom. The molecule has 2 N–H and O–H groups in total. The first-order valence-electron chi connectivity index (χ1n) is 7.88. The van der Waals surface area contributed by atoms with Crippen molar-refractivity contribution in [3.8, 4) is 0 Å². The van der Waals surface area contributed by atoms with Gasteiger partial charge in [-0.1, -0.05) is 49.3 Å². The third kappa shape index (κ3) is 5.09. The van der Waals surface area contributed by atoms with Crippen molar-refractivity contribution in [2.75, 3.05) is 13.1 Å². The molecule has 2 rings (SSSR count). The number of guanidine groups is 1. The minimum atomic E-state index is -0.00146. The lowest BCUT2D eigenvalue weighted by atomic mass is 9.85. The summed E-state index contributed by atoms with van der Waals surface area (Å²) in [5.41, 5.74) is 1.29. The van der Waals surface area contributed by atoms with Crippen LogP contribution in [0.1, 0.15) is 38.0 Å². The van der Waals surface area contributed by atoms with Gasteiger partial charge < -0.3 is 15.2 Å². The van der Waals surface area contributed by atoms with Gasteiger partial charge in [0, 0.05) is 18.5 Å². The summed E-state index contributed by atoms with van der Waals surface area (Å²) in [4.78, 5) is 8.65. The van der Waals surface area contributed by atoms with Gasteiger partial charge in [-0.05, 0) is 19.4 Å². The van der Waals surface area contributed by atoms with Crippen LogP contribution >= 0.6 is 0 Å². The van der Waals surface area contributed by atoms with Crippen molar-refractivity contribution in [1.82, 2.24) is 20.8 Å². The number of nitrogens with one attached hydrogen (secondary N) is 2. The van der Waals surface area contributed by atoms with Gasteiger partial charge >= 0.3 is 0 Å². The Morgan fingerprint density at radius 2 is 1.96 bits per heavy atom. The van der Waals surface area contributed by atoms with Crippen LogP contribution in [0.15, 0.2) is 39.8 Å². The summed E-state index contributed by atoms with van der Waals surface area (Å²) >= 11 is 0. The van der Waals surface area contributed by atoms with E-state index in [-0.39, 0.29) is 5.41 Å². The van der Waals surface area contributed by atoms with Crippen molar-refractivity contribution in [3.05, 3.63) is 47.6 Å². The molecule has 1 aromatic heterocycles. The van der Waals surface area contributed by atoms with Gasteiger partial charge in [0.25, 0.3) is 0 Å². The molecule has 0 radical (unpaired) electrons. The molecule has 0 aliphatic carbocycles. The Kier molecular flexibility index (Phi) is 5.73. The topological polar surface area (TPSA) is 75.3 Å². The summed E-state index contributed by atoms with van der Waals surface area (Å²) in [7, 11) is 0. The Hall–Kier alpha value is -2.37. The van der Waals surface area contributed by atoms with Gasteiger partial charge in [0.1, 0.15) is 6.54 Å². The highest BCUT2D eigenvalue weighted by molar-refractivity contribution is 5.79. The number of aryl methyl sites for hydroxylation is 1. The van der Waals surface area contributed by atoms with Crippen molar-refractivity contribution >= 4 is 5.96 Å². The summed E-state index contributed by atoms with van der Waals surface area (Å²) in [5.74, 6) is 1.88. The molecule has 0 aliphatic heterocycles. The third-order valence-corrected chi connectivity index (χ3v) is 3.54. The SMILES string of the molecule is CCNC(=NCc1nc(C)no1)NCC(C)(C)c1ccccc1. The lowest BCUT2D eigenvalue weighted by Gasteiger charge is -2.26. The van der Waals surface area contributed by atoms with Crippen molar-refractivity contribution in [2.24, 2.45) is 4.99 Å². The molecule has 6 heteroatoms. The minimum absolute atomic E-state index is 0.00146. The van der Waals surface area contributed by atoms with Gasteiger partial charge in [0.2, 0.25) is 5.89 Å². The highest BCUT2D eigenvalue weighted by atomic mass is 16.5. The number of aliphatic imine (C=N–C) groups is 1. The van der Waals surface area contributed by atoms with Crippen LogP contribution in [0.25, 0.3) is 0 Å². The monoisotopic (exact) mass is 315 g/mol. The minimum Gasteiger partial charge on any atom is -0.357 e. The number of aromatic nitrogens is 2. The zero-order chi connectivity index (χ0) is 16.7. The lowest BCUT2D eigenvalue weighted by molar-refractivity contribution is 0.376. The van der Waals surface area contributed by atoms with Crippen LogP contribution in [-0.4, -0.2) is 29.2 Å². The maximum atomic E-state index is 5.08. The molecule has 0 aliphatic rings. The van der Waals surface area contributed by atoms with Crippen LogP contribution in [0.4, 0.5) is 0 Å². The molecule has 0 unspecified atom stereocenters. The van der Waals surface area contributed by atoms with Gasteiger partial charge in [0.15, 0.2) is 11.8 Å². The fraction of sp³-hybridized carbons (Fsp3) is 0.471. The number of benzene rings is 1. The second kappa shape index (κ2) is 7.76. The fourth-order valence-corrected chi connectivity index (χ4v) is 2.19. The molecule has 2 aromatic rings. The van der Waals surface area contributed by atoms with Gasteiger partial charge in [0.05, 0.1) is 0 Å². The van der Waals surface area contributed by atoms with E-state index in [0.717, 1.165) is 19.0 Å². The van der Waals surface area contributed by atoms with Crippen molar-refractivity contribution < 1.29 is 4.52 Å². The molecule has 23 heavy (non-hydrogen) atoms. The molecule has 0 fully saturated rings. The molecule has 0 saturated carbocycles. The van der Waals surface area contributed by atoms with E-state index in [1.165, 1.54) is 5.56 Å². The van der Waals surface area contributed by atoms with E-state index in [1.54, 1.807) is 6.92 Å². The summed E-state index contributed by atoms with van der Waals surface area (Å²) in [6.45, 7) is 10.2. The zero-order valence-electron chi connectivity index (χ0n) is 14.3. The van der Waals surface area contributed by atoms with Gasteiger partial charge in [-0.15, -0.1) is 0 Å². The van der Waals surface area contributed by atoms with Crippen molar-refractivity contribution in [1.29, 1.82) is 0 Å². The number of nitrogens with zero attached hydrogens (tertiary/aromatic N) is 3. The van der Waals surface area contributed by atoms with E-state index in [0.29, 0.717) is 18.3 Å². The zero-order valence-corrected chi connectivity index (χ0v) is 14.3. The molecule has 0 bridgehead atoms. The molecule has 0 spiro atoms. The molecule has 0 atom stereocenters. The van der Waals surface area contributed by atoms with Gasteiger partial charge in [-0.2, -0.15) is 4.98 Å². The van der Waals surface area contributed by atoms with Crippen LogP contribution < -0.4 is 10.6 Å². The molecule has 0 amide bonds. The van der Waals surface area contributed by atoms with Gasteiger partial charge in [-0.3, -0.25) is 0 Å². The average molecular weight is 315 g/mol. The highest BCUT2D eigenvalue weighted by Crippen LogP contribution is 2.21. The number of hydrogen-bond acceptors (Lipinski definition) is 4. The second-order valence-corrected chi connectivity index (χ2v) is 6.03. The first-order valence-corrected chi connectivity index (χ1v) is 7.88. The Labute approximate surface area is 137 Å². The second-order valence-electron chi connectivity index (χ2n) is 6.03. The van der Waals surface area contributed by atoms with E-state index in [1.807, 2.05) is 13.0 Å². The third-order valence-electron chi connectivity index (χ3n) is 3.54. The Morgan fingerprint density at radius 3 is 2.57 bits per heavy atom. The predicted molar refractivity (Wildman–Crippen MR) is 91.3 cm³/mol. The standard InChI is InChI=1S/C17H25N5O/c1-5-18-16(19-11-15-21-13(2)22-23-15)20-12-17(3,4)14-9-7-6-8-10-14/h6-10H,5,11-12H2,1-4H3,(H2,18,19,20). The maximum Gasteiger partial charge on any atom is 0.248 e. The normalized spacial score (nSPS) is 12.3. The molecular weight excluding hydrogens is 290 g/mol.